The molecule has 0 aliphatic rings. The normalized spacial score (nSPS) is 9.93. The van der Waals surface area contributed by atoms with Gasteiger partial charge in [0, 0.05) is 31.9 Å². The average molecular weight is 383 g/mol. The lowest BCUT2D eigenvalue weighted by Crippen LogP contribution is -2.17. The summed E-state index contributed by atoms with van der Waals surface area (Å²) in [6.45, 7) is 0. The molecule has 2 rings (SSSR count). The van der Waals surface area contributed by atoms with Crippen molar-refractivity contribution in [3.8, 4) is 0 Å². The number of nitrogens with one attached hydrogen (secondary N) is 3. The van der Waals surface area contributed by atoms with Gasteiger partial charge in [-0.15, -0.1) is 0 Å². The molecule has 28 heavy (non-hydrogen) atoms. The summed E-state index contributed by atoms with van der Waals surface area (Å²) in [7, 11) is 3.31. The highest BCUT2D eigenvalue weighted by molar-refractivity contribution is 6.03. The van der Waals surface area contributed by atoms with Crippen LogP contribution in [0.25, 0.3) is 0 Å². The lowest BCUT2D eigenvalue weighted by atomic mass is 10.2. The Morgan fingerprint density at radius 3 is 1.75 bits per heavy atom. The van der Waals surface area contributed by atoms with Gasteiger partial charge in [0.1, 0.15) is 0 Å². The van der Waals surface area contributed by atoms with Crippen LogP contribution in [0.5, 0.6) is 0 Å². The average Bonchev–Trinajstić information content (AvgIpc) is 2.72. The molecule has 146 valence electrons. The van der Waals surface area contributed by atoms with Crippen molar-refractivity contribution in [2.75, 3.05) is 24.7 Å². The van der Waals surface area contributed by atoms with E-state index in [1.807, 2.05) is 0 Å². The molecule has 0 saturated carbocycles. The first kappa shape index (κ1) is 20.6. The van der Waals surface area contributed by atoms with Crippen molar-refractivity contribution in [1.82, 2.24) is 0 Å². The summed E-state index contributed by atoms with van der Waals surface area (Å²) in [5, 5.41) is 13.4. The summed E-state index contributed by atoms with van der Waals surface area (Å²) in [4.78, 5) is 36.1. The van der Waals surface area contributed by atoms with Crippen molar-refractivity contribution < 1.29 is 23.9 Å². The monoisotopic (exact) mass is 383 g/mol. The zero-order chi connectivity index (χ0) is 20.5. The molecule has 0 amide bonds. The molecule has 0 bridgehead atoms. The van der Waals surface area contributed by atoms with Gasteiger partial charge in [-0.05, 0) is 24.3 Å². The molecule has 0 heterocycles. The van der Waals surface area contributed by atoms with Crippen molar-refractivity contribution in [2.45, 2.75) is 12.8 Å². The van der Waals surface area contributed by atoms with Crippen LogP contribution in [-0.2, 0) is 14.3 Å². The lowest BCUT2D eigenvalue weighted by molar-refractivity contribution is -0.137. The van der Waals surface area contributed by atoms with Gasteiger partial charge < -0.3 is 20.1 Å². The number of hydrogen-bond donors (Lipinski definition) is 3. The van der Waals surface area contributed by atoms with Crippen molar-refractivity contribution in [3.05, 3.63) is 59.7 Å². The molecule has 2 aromatic rings. The van der Waals surface area contributed by atoms with E-state index in [-0.39, 0.29) is 24.0 Å². The number of rotatable bonds is 7. The Bertz CT molecular complexity index is 821. The molecule has 0 aliphatic heterocycles. The summed E-state index contributed by atoms with van der Waals surface area (Å²) < 4.78 is 9.75. The number of esters is 3. The van der Waals surface area contributed by atoms with Crippen LogP contribution in [0.15, 0.2) is 48.5 Å². The van der Waals surface area contributed by atoms with E-state index in [1.165, 1.54) is 6.07 Å². The molecule has 0 aliphatic carbocycles. The van der Waals surface area contributed by atoms with Gasteiger partial charge in [0.2, 0.25) is 0 Å². The van der Waals surface area contributed by atoms with Crippen LogP contribution in [0.2, 0.25) is 0 Å². The van der Waals surface area contributed by atoms with E-state index in [1.54, 1.807) is 56.6 Å². The molecule has 0 atom stereocenters. The summed E-state index contributed by atoms with van der Waals surface area (Å²) in [5.74, 6) is -2.70. The number of carbonyl (C=O) groups is 3. The minimum absolute atomic E-state index is 0.173. The Hall–Kier alpha value is -3.68. The van der Waals surface area contributed by atoms with Crippen LogP contribution in [0.4, 0.5) is 11.4 Å². The number of anilines is 2. The van der Waals surface area contributed by atoms with E-state index < -0.39 is 23.8 Å². The third-order valence-corrected chi connectivity index (χ3v) is 3.81. The maximum Gasteiger partial charge on any atom is 0.347 e. The summed E-state index contributed by atoms with van der Waals surface area (Å²) in [6, 6.07) is 13.3. The minimum Gasteiger partial charge on any atom is -0.409 e. The number of ether oxygens (including phenoxy) is 2. The van der Waals surface area contributed by atoms with Gasteiger partial charge in [-0.1, -0.05) is 24.3 Å². The van der Waals surface area contributed by atoms with Gasteiger partial charge in [-0.3, -0.25) is 10.2 Å². The topological polar surface area (TPSA) is 118 Å². The molecule has 0 unspecified atom stereocenters. The van der Waals surface area contributed by atoms with E-state index in [4.69, 9.17) is 14.9 Å². The molecule has 0 aromatic heterocycles. The quantitative estimate of drug-likeness (QED) is 0.291. The highest BCUT2D eigenvalue weighted by atomic mass is 16.6. The second-order valence-electron chi connectivity index (χ2n) is 5.67. The smallest absolute Gasteiger partial charge is 0.347 e. The molecule has 2 aromatic carbocycles. The Morgan fingerprint density at radius 1 is 0.786 bits per heavy atom. The van der Waals surface area contributed by atoms with Crippen LogP contribution in [0.1, 0.15) is 33.6 Å². The Kier molecular flexibility index (Phi) is 7.27. The molecule has 0 fully saturated rings. The summed E-state index contributed by atoms with van der Waals surface area (Å²) in [6.07, 6.45) is -0.444. The van der Waals surface area contributed by atoms with Crippen molar-refractivity contribution in [1.29, 1.82) is 5.41 Å². The number of hydrogen-bond acceptors (Lipinski definition) is 8. The van der Waals surface area contributed by atoms with Gasteiger partial charge in [0.05, 0.1) is 17.5 Å². The van der Waals surface area contributed by atoms with E-state index in [0.717, 1.165) is 0 Å². The Balaban J connectivity index is 1.86. The fraction of sp³-hybridized carbons (Fsp3) is 0.200. The van der Waals surface area contributed by atoms with E-state index in [2.05, 4.69) is 10.6 Å². The predicted octanol–water partition coefficient (Wildman–Crippen LogP) is 3.07. The van der Waals surface area contributed by atoms with Crippen LogP contribution in [0.3, 0.4) is 0 Å². The van der Waals surface area contributed by atoms with Crippen LogP contribution < -0.4 is 10.6 Å². The Morgan fingerprint density at radius 2 is 1.25 bits per heavy atom. The number of carbonyl (C=O) groups excluding carboxylic acids is 3. The fourth-order valence-corrected chi connectivity index (χ4v) is 2.40. The van der Waals surface area contributed by atoms with E-state index in [9.17, 15) is 14.4 Å². The van der Waals surface area contributed by atoms with E-state index >= 15 is 0 Å². The second-order valence-corrected chi connectivity index (χ2v) is 5.67. The van der Waals surface area contributed by atoms with Crippen LogP contribution in [-0.4, -0.2) is 37.9 Å². The molecular weight excluding hydrogens is 362 g/mol. The largest absolute Gasteiger partial charge is 0.409 e. The second kappa shape index (κ2) is 9.86. The van der Waals surface area contributed by atoms with Crippen molar-refractivity contribution >= 4 is 35.2 Å². The van der Waals surface area contributed by atoms with Crippen LogP contribution in [0, 0.1) is 5.41 Å². The number of para-hydroxylation sites is 2. The maximum atomic E-state index is 12.1. The number of benzene rings is 2. The fourth-order valence-electron chi connectivity index (χ4n) is 2.40. The predicted molar refractivity (Wildman–Crippen MR) is 105 cm³/mol. The molecule has 8 nitrogen and oxygen atoms in total. The van der Waals surface area contributed by atoms with E-state index in [0.29, 0.717) is 11.4 Å². The first-order valence-corrected chi connectivity index (χ1v) is 8.54. The van der Waals surface area contributed by atoms with Gasteiger partial charge in [-0.25, -0.2) is 9.59 Å². The highest BCUT2D eigenvalue weighted by Crippen LogP contribution is 2.17. The van der Waals surface area contributed by atoms with Gasteiger partial charge in [0.15, 0.2) is 5.90 Å². The highest BCUT2D eigenvalue weighted by Gasteiger charge is 2.18. The molecule has 0 saturated heterocycles. The van der Waals surface area contributed by atoms with Crippen molar-refractivity contribution in [3.63, 3.8) is 0 Å². The molecule has 8 heteroatoms. The zero-order valence-electron chi connectivity index (χ0n) is 15.6. The maximum absolute atomic E-state index is 12.1. The third-order valence-electron chi connectivity index (χ3n) is 3.81. The third kappa shape index (κ3) is 5.41. The first-order valence-electron chi connectivity index (χ1n) is 8.54. The summed E-state index contributed by atoms with van der Waals surface area (Å²) >= 11 is 0. The Labute approximate surface area is 162 Å². The van der Waals surface area contributed by atoms with Gasteiger partial charge >= 0.3 is 17.9 Å². The SMILES string of the molecule is CNc1ccccc1C(=O)OC(=N)CCC(=O)OC(=O)c1ccccc1NC. The van der Waals surface area contributed by atoms with Crippen LogP contribution >= 0.6 is 0 Å². The molecular formula is C20H21N3O5. The lowest BCUT2D eigenvalue weighted by Gasteiger charge is -2.10. The zero-order valence-corrected chi connectivity index (χ0v) is 15.6. The molecule has 3 N–H and O–H groups in total. The minimum atomic E-state index is -0.813. The summed E-state index contributed by atoms with van der Waals surface area (Å²) in [5.41, 5.74) is 1.60. The standard InChI is InChI=1S/C20H21N3O5/c1-22-15-9-5-3-7-13(15)19(25)27-17(21)11-12-18(24)28-20(26)14-8-4-6-10-16(14)23-2/h3-10,21-23H,11-12H2,1-2H3. The molecule has 0 radical (unpaired) electrons. The van der Waals surface area contributed by atoms with Crippen molar-refractivity contribution in [2.24, 2.45) is 0 Å². The van der Waals surface area contributed by atoms with Gasteiger partial charge in [0.25, 0.3) is 0 Å². The first-order chi connectivity index (χ1) is 13.5. The molecule has 0 spiro atoms. The van der Waals surface area contributed by atoms with Gasteiger partial charge in [-0.2, -0.15) is 0 Å².